The first-order chi connectivity index (χ1) is 24.8. The molecule has 10 aromatic carbocycles. The predicted molar refractivity (Wildman–Crippen MR) is 216 cm³/mol. The van der Waals surface area contributed by atoms with Crippen molar-refractivity contribution in [3.8, 4) is 44.5 Å². The van der Waals surface area contributed by atoms with Crippen molar-refractivity contribution in [1.82, 2.24) is 0 Å². The Morgan fingerprint density at radius 3 is 1.06 bits per heavy atom. The van der Waals surface area contributed by atoms with Gasteiger partial charge in [-0.2, -0.15) is 0 Å². The van der Waals surface area contributed by atoms with Crippen LogP contribution >= 0.6 is 0 Å². The summed E-state index contributed by atoms with van der Waals surface area (Å²) in [5, 5.41) is 12.9. The summed E-state index contributed by atoms with van der Waals surface area (Å²) in [4.78, 5) is 0. The summed E-state index contributed by atoms with van der Waals surface area (Å²) in [5.41, 5.74) is 9.82. The molecule has 0 heteroatoms. The molecule has 0 heterocycles. The van der Waals surface area contributed by atoms with Gasteiger partial charge in [-0.3, -0.25) is 0 Å². The molecule has 0 saturated carbocycles. The van der Waals surface area contributed by atoms with Crippen LogP contribution in [0.4, 0.5) is 0 Å². The van der Waals surface area contributed by atoms with Crippen LogP contribution in [0.1, 0.15) is 0 Å². The van der Waals surface area contributed by atoms with Crippen molar-refractivity contribution in [2.45, 2.75) is 0 Å². The number of fused-ring (bicyclic) bond motifs is 11. The van der Waals surface area contributed by atoms with E-state index in [1.54, 1.807) is 0 Å². The van der Waals surface area contributed by atoms with Gasteiger partial charge in [-0.1, -0.05) is 176 Å². The lowest BCUT2D eigenvalue weighted by Gasteiger charge is -2.18. The van der Waals surface area contributed by atoms with Gasteiger partial charge in [-0.25, -0.2) is 0 Å². The van der Waals surface area contributed by atoms with Crippen molar-refractivity contribution in [2.24, 2.45) is 0 Å². The maximum Gasteiger partial charge on any atom is -0.00137 e. The second kappa shape index (κ2) is 11.6. The van der Waals surface area contributed by atoms with E-state index in [0.717, 1.165) is 0 Å². The van der Waals surface area contributed by atoms with Crippen LogP contribution in [0.15, 0.2) is 194 Å². The Bertz CT molecular complexity index is 2880. The second-order valence-corrected chi connectivity index (χ2v) is 13.2. The summed E-state index contributed by atoms with van der Waals surface area (Å²) in [7, 11) is 0. The van der Waals surface area contributed by atoms with Crippen LogP contribution in [0, 0.1) is 0 Å². The highest BCUT2D eigenvalue weighted by atomic mass is 14.2. The topological polar surface area (TPSA) is 0 Å². The number of hydrogen-bond donors (Lipinski definition) is 0. The highest BCUT2D eigenvalue weighted by molar-refractivity contribution is 6.39. The maximum atomic E-state index is 2.44. The van der Waals surface area contributed by atoms with Crippen molar-refractivity contribution in [2.75, 3.05) is 0 Å². The molecular formula is C50H32. The average molecular weight is 633 g/mol. The van der Waals surface area contributed by atoms with E-state index < -0.39 is 0 Å². The van der Waals surface area contributed by atoms with Crippen LogP contribution in [0.3, 0.4) is 0 Å². The molecular weight excluding hydrogens is 601 g/mol. The van der Waals surface area contributed by atoms with E-state index in [0.29, 0.717) is 0 Å². The van der Waals surface area contributed by atoms with Crippen LogP contribution < -0.4 is 0 Å². The van der Waals surface area contributed by atoms with Crippen molar-refractivity contribution >= 4 is 53.9 Å². The van der Waals surface area contributed by atoms with E-state index >= 15 is 0 Å². The molecule has 0 radical (unpaired) electrons. The SMILES string of the molecule is c1ccc(-c2ccc3c4ccc(-c5ccc(-c6ccccc6)c(-c6ccccc6)c5)cc4c4c5ccccc5c5ccccc5c4c3c2)cc1. The molecule has 0 atom stereocenters. The fourth-order valence-corrected chi connectivity index (χ4v) is 8.11. The minimum atomic E-state index is 1.21. The summed E-state index contributed by atoms with van der Waals surface area (Å²) in [6.45, 7) is 0. The fraction of sp³-hybridized carbons (Fsp3) is 0. The number of rotatable bonds is 4. The Labute approximate surface area is 291 Å². The smallest absolute Gasteiger partial charge is 0.00137 e. The van der Waals surface area contributed by atoms with Gasteiger partial charge in [-0.15, -0.1) is 0 Å². The van der Waals surface area contributed by atoms with Crippen LogP contribution in [0.5, 0.6) is 0 Å². The Morgan fingerprint density at radius 1 is 0.180 bits per heavy atom. The summed E-state index contributed by atoms with van der Waals surface area (Å²) in [6.07, 6.45) is 0. The van der Waals surface area contributed by atoms with Crippen LogP contribution in [-0.2, 0) is 0 Å². The zero-order valence-corrected chi connectivity index (χ0v) is 27.5. The third-order valence-corrected chi connectivity index (χ3v) is 10.4. The van der Waals surface area contributed by atoms with Crippen LogP contribution in [-0.4, -0.2) is 0 Å². The van der Waals surface area contributed by atoms with Crippen molar-refractivity contribution in [3.63, 3.8) is 0 Å². The van der Waals surface area contributed by atoms with Gasteiger partial charge in [-0.05, 0) is 117 Å². The molecule has 50 heavy (non-hydrogen) atoms. The molecule has 0 amide bonds. The second-order valence-electron chi connectivity index (χ2n) is 13.2. The fourth-order valence-electron chi connectivity index (χ4n) is 8.11. The standard InChI is InChI=1S/C50H32/c1-4-14-33(15-5-1)36-25-28-42-43-29-26-38(37-24-27-39(34-16-6-2-7-17-34)46(30-37)35-18-8-3-9-19-35)32-48(43)50-45-23-13-11-21-41(45)40-20-10-12-22-44(40)49(50)47(42)31-36/h1-32H. The van der Waals surface area contributed by atoms with E-state index in [2.05, 4.69) is 194 Å². The van der Waals surface area contributed by atoms with Crippen molar-refractivity contribution in [1.29, 1.82) is 0 Å². The van der Waals surface area contributed by atoms with Crippen molar-refractivity contribution in [3.05, 3.63) is 194 Å². The first-order valence-corrected chi connectivity index (χ1v) is 17.4. The Kier molecular flexibility index (Phi) is 6.60. The van der Waals surface area contributed by atoms with Gasteiger partial charge in [0.2, 0.25) is 0 Å². The van der Waals surface area contributed by atoms with Crippen LogP contribution in [0.2, 0.25) is 0 Å². The molecule has 10 rings (SSSR count). The third-order valence-electron chi connectivity index (χ3n) is 10.4. The minimum Gasteiger partial charge on any atom is -0.0622 e. The molecule has 0 nitrogen and oxygen atoms in total. The normalized spacial score (nSPS) is 11.6. The molecule has 0 aliphatic rings. The molecule has 0 aliphatic carbocycles. The van der Waals surface area contributed by atoms with Gasteiger partial charge >= 0.3 is 0 Å². The van der Waals surface area contributed by atoms with E-state index in [9.17, 15) is 0 Å². The highest BCUT2D eigenvalue weighted by Crippen LogP contribution is 2.46. The molecule has 0 bridgehead atoms. The van der Waals surface area contributed by atoms with Gasteiger partial charge in [0.25, 0.3) is 0 Å². The molecule has 10 aromatic rings. The molecule has 0 aromatic heterocycles. The van der Waals surface area contributed by atoms with Gasteiger partial charge < -0.3 is 0 Å². The lowest BCUT2D eigenvalue weighted by Crippen LogP contribution is -1.91. The molecule has 0 aliphatic heterocycles. The van der Waals surface area contributed by atoms with E-state index in [-0.39, 0.29) is 0 Å². The quantitative estimate of drug-likeness (QED) is 0.169. The molecule has 0 saturated heterocycles. The lowest BCUT2D eigenvalue weighted by atomic mass is 9.85. The van der Waals surface area contributed by atoms with Gasteiger partial charge in [0.15, 0.2) is 0 Å². The summed E-state index contributed by atoms with van der Waals surface area (Å²) in [6, 6.07) is 71.2. The zero-order chi connectivity index (χ0) is 33.0. The molecule has 0 fully saturated rings. The van der Waals surface area contributed by atoms with Crippen molar-refractivity contribution < 1.29 is 0 Å². The average Bonchev–Trinajstić information content (AvgIpc) is 3.21. The van der Waals surface area contributed by atoms with E-state index in [4.69, 9.17) is 0 Å². The summed E-state index contributed by atoms with van der Waals surface area (Å²) < 4.78 is 0. The summed E-state index contributed by atoms with van der Waals surface area (Å²) >= 11 is 0. The maximum absolute atomic E-state index is 2.44. The Morgan fingerprint density at radius 2 is 0.540 bits per heavy atom. The Hall–Kier alpha value is -6.50. The van der Waals surface area contributed by atoms with Crippen LogP contribution in [0.25, 0.3) is 98.4 Å². The molecule has 0 N–H and O–H groups in total. The van der Waals surface area contributed by atoms with Gasteiger partial charge in [0.1, 0.15) is 0 Å². The third kappa shape index (κ3) is 4.54. The molecule has 0 unspecified atom stereocenters. The largest absolute Gasteiger partial charge is 0.0622 e. The highest BCUT2D eigenvalue weighted by Gasteiger charge is 2.18. The number of benzene rings is 10. The minimum absolute atomic E-state index is 1.21. The Balaban J connectivity index is 1.30. The monoisotopic (exact) mass is 632 g/mol. The first kappa shape index (κ1) is 28.5. The van der Waals surface area contributed by atoms with Gasteiger partial charge in [0.05, 0.1) is 0 Å². The predicted octanol–water partition coefficient (Wildman–Crippen LogP) is 14.1. The van der Waals surface area contributed by atoms with E-state index in [1.807, 2.05) is 0 Å². The number of hydrogen-bond acceptors (Lipinski definition) is 0. The first-order valence-electron chi connectivity index (χ1n) is 17.4. The van der Waals surface area contributed by atoms with E-state index in [1.165, 1.54) is 98.4 Å². The molecule has 0 spiro atoms. The molecule has 232 valence electrons. The lowest BCUT2D eigenvalue weighted by molar-refractivity contribution is 1.57. The summed E-state index contributed by atoms with van der Waals surface area (Å²) in [5.74, 6) is 0. The zero-order valence-electron chi connectivity index (χ0n) is 27.5. The van der Waals surface area contributed by atoms with Gasteiger partial charge in [0, 0.05) is 0 Å².